The summed E-state index contributed by atoms with van der Waals surface area (Å²) < 4.78 is 0. The third kappa shape index (κ3) is 6.01. The smallest absolute Gasteiger partial charge is 0.0414 e. The average Bonchev–Trinajstić information content (AvgIpc) is 2.38. The maximum atomic E-state index is 3.63. The lowest BCUT2D eigenvalue weighted by Crippen LogP contribution is -2.24. The maximum absolute atomic E-state index is 3.63. The highest BCUT2D eigenvalue weighted by Crippen LogP contribution is 2.23. The van der Waals surface area contributed by atoms with E-state index < -0.39 is 0 Å². The van der Waals surface area contributed by atoms with Crippen LogP contribution in [0.4, 0.5) is 0 Å². The Morgan fingerprint density at radius 3 is 2.58 bits per heavy atom. The van der Waals surface area contributed by atoms with Gasteiger partial charge in [-0.25, -0.2) is 0 Å². The Morgan fingerprint density at radius 1 is 1.16 bits per heavy atom. The van der Waals surface area contributed by atoms with Crippen molar-refractivity contribution in [1.82, 2.24) is 5.32 Å². The molecule has 0 saturated carbocycles. The van der Waals surface area contributed by atoms with Gasteiger partial charge in [-0.15, -0.1) is 0 Å². The first kappa shape index (κ1) is 16.6. The van der Waals surface area contributed by atoms with Crippen molar-refractivity contribution < 1.29 is 0 Å². The maximum Gasteiger partial charge on any atom is 0.0414 e. The van der Waals surface area contributed by atoms with E-state index in [1.54, 1.807) is 0 Å². The second kappa shape index (κ2) is 9.44. The highest BCUT2D eigenvalue weighted by atomic mass is 32.2. The first-order valence-corrected chi connectivity index (χ1v) is 8.72. The topological polar surface area (TPSA) is 12.0 Å². The molecule has 0 spiro atoms. The standard InChI is InChI=1S/C17H29NS/c1-5-7-8-11-19-13-17(18-6-2)16-10-9-14(3)12-15(16)4/h9-10,12,17-18H,5-8,11,13H2,1-4H3. The highest BCUT2D eigenvalue weighted by Gasteiger charge is 2.12. The molecule has 0 saturated heterocycles. The zero-order valence-corrected chi connectivity index (χ0v) is 13.8. The molecule has 0 aliphatic carbocycles. The van der Waals surface area contributed by atoms with Crippen LogP contribution in [0.1, 0.15) is 55.8 Å². The second-order valence-electron chi connectivity index (χ2n) is 5.25. The number of benzene rings is 1. The van der Waals surface area contributed by atoms with E-state index >= 15 is 0 Å². The zero-order valence-electron chi connectivity index (χ0n) is 13.0. The molecule has 0 aliphatic heterocycles. The number of nitrogens with one attached hydrogen (secondary N) is 1. The quantitative estimate of drug-likeness (QED) is 0.647. The summed E-state index contributed by atoms with van der Waals surface area (Å²) in [4.78, 5) is 0. The molecule has 0 amide bonds. The first-order chi connectivity index (χ1) is 9.19. The van der Waals surface area contributed by atoms with E-state index in [-0.39, 0.29) is 0 Å². The number of thioether (sulfide) groups is 1. The number of unbranched alkanes of at least 4 members (excludes halogenated alkanes) is 2. The zero-order chi connectivity index (χ0) is 14.1. The van der Waals surface area contributed by atoms with E-state index in [4.69, 9.17) is 0 Å². The molecule has 0 radical (unpaired) electrons. The molecule has 1 aromatic rings. The molecule has 1 rings (SSSR count). The summed E-state index contributed by atoms with van der Waals surface area (Å²) in [6, 6.07) is 7.32. The van der Waals surface area contributed by atoms with Crippen LogP contribution in [0.15, 0.2) is 18.2 Å². The van der Waals surface area contributed by atoms with Crippen LogP contribution < -0.4 is 5.32 Å². The van der Waals surface area contributed by atoms with Gasteiger partial charge in [0.1, 0.15) is 0 Å². The van der Waals surface area contributed by atoms with Gasteiger partial charge >= 0.3 is 0 Å². The minimum atomic E-state index is 0.497. The molecule has 1 atom stereocenters. The van der Waals surface area contributed by atoms with Crippen molar-refractivity contribution in [2.45, 2.75) is 53.0 Å². The van der Waals surface area contributed by atoms with E-state index in [9.17, 15) is 0 Å². The van der Waals surface area contributed by atoms with Crippen LogP contribution >= 0.6 is 11.8 Å². The summed E-state index contributed by atoms with van der Waals surface area (Å²) in [5.41, 5.74) is 4.24. The predicted molar refractivity (Wildman–Crippen MR) is 89.2 cm³/mol. The number of hydrogen-bond acceptors (Lipinski definition) is 2. The van der Waals surface area contributed by atoms with Crippen molar-refractivity contribution >= 4 is 11.8 Å². The van der Waals surface area contributed by atoms with Gasteiger partial charge in [-0.1, -0.05) is 50.5 Å². The molecule has 0 bridgehead atoms. The molecule has 0 aliphatic rings. The van der Waals surface area contributed by atoms with E-state index in [1.165, 1.54) is 47.5 Å². The third-order valence-corrected chi connectivity index (χ3v) is 4.57. The van der Waals surface area contributed by atoms with Gasteiger partial charge in [0.25, 0.3) is 0 Å². The summed E-state index contributed by atoms with van der Waals surface area (Å²) in [5.74, 6) is 2.47. The van der Waals surface area contributed by atoms with Crippen LogP contribution in [0, 0.1) is 13.8 Å². The highest BCUT2D eigenvalue weighted by molar-refractivity contribution is 7.99. The van der Waals surface area contributed by atoms with Gasteiger partial charge in [0.2, 0.25) is 0 Å². The Hall–Kier alpha value is -0.470. The van der Waals surface area contributed by atoms with Gasteiger partial charge in [-0.3, -0.25) is 0 Å². The molecule has 1 N–H and O–H groups in total. The molecule has 1 unspecified atom stereocenters. The predicted octanol–water partition coefficient (Wildman–Crippen LogP) is 4.88. The van der Waals surface area contributed by atoms with Gasteiger partial charge in [-0.2, -0.15) is 11.8 Å². The van der Waals surface area contributed by atoms with Crippen molar-refractivity contribution in [2.75, 3.05) is 18.1 Å². The minimum Gasteiger partial charge on any atom is -0.310 e. The summed E-state index contributed by atoms with van der Waals surface area (Å²) in [6.07, 6.45) is 4.03. The van der Waals surface area contributed by atoms with Crippen LogP contribution in [0.25, 0.3) is 0 Å². The Balaban J connectivity index is 2.55. The van der Waals surface area contributed by atoms with Gasteiger partial charge in [-0.05, 0) is 43.7 Å². The van der Waals surface area contributed by atoms with Crippen molar-refractivity contribution in [3.8, 4) is 0 Å². The van der Waals surface area contributed by atoms with Crippen LogP contribution in [-0.4, -0.2) is 18.1 Å². The molecule has 0 aromatic heterocycles. The average molecular weight is 279 g/mol. The Labute approximate surface area is 123 Å². The summed E-state index contributed by atoms with van der Waals surface area (Å²) in [7, 11) is 0. The van der Waals surface area contributed by atoms with Gasteiger partial charge in [0.05, 0.1) is 0 Å². The van der Waals surface area contributed by atoms with Crippen molar-refractivity contribution in [3.63, 3.8) is 0 Å². The summed E-state index contributed by atoms with van der Waals surface area (Å²) in [5, 5.41) is 3.63. The first-order valence-electron chi connectivity index (χ1n) is 7.57. The fourth-order valence-corrected chi connectivity index (χ4v) is 3.48. The monoisotopic (exact) mass is 279 g/mol. The second-order valence-corrected chi connectivity index (χ2v) is 6.40. The lowest BCUT2D eigenvalue weighted by molar-refractivity contribution is 0.602. The van der Waals surface area contributed by atoms with Crippen LogP contribution in [-0.2, 0) is 0 Å². The number of aryl methyl sites for hydroxylation is 2. The van der Waals surface area contributed by atoms with E-state index in [0.29, 0.717) is 6.04 Å². The van der Waals surface area contributed by atoms with Crippen LogP contribution in [0.3, 0.4) is 0 Å². The number of hydrogen-bond donors (Lipinski definition) is 1. The fourth-order valence-electron chi connectivity index (χ4n) is 2.38. The Morgan fingerprint density at radius 2 is 1.95 bits per heavy atom. The third-order valence-electron chi connectivity index (χ3n) is 3.43. The Bertz CT molecular complexity index is 362. The lowest BCUT2D eigenvalue weighted by atomic mass is 10.0. The molecule has 108 valence electrons. The van der Waals surface area contributed by atoms with Gasteiger partial charge in [0.15, 0.2) is 0 Å². The normalized spacial score (nSPS) is 12.6. The van der Waals surface area contributed by atoms with Crippen LogP contribution in [0.2, 0.25) is 0 Å². The molecule has 0 fully saturated rings. The minimum absolute atomic E-state index is 0.497. The van der Waals surface area contributed by atoms with Crippen molar-refractivity contribution in [3.05, 3.63) is 34.9 Å². The van der Waals surface area contributed by atoms with Gasteiger partial charge in [0, 0.05) is 11.8 Å². The van der Waals surface area contributed by atoms with Crippen molar-refractivity contribution in [2.24, 2.45) is 0 Å². The largest absolute Gasteiger partial charge is 0.310 e. The van der Waals surface area contributed by atoms with Crippen molar-refractivity contribution in [1.29, 1.82) is 0 Å². The lowest BCUT2D eigenvalue weighted by Gasteiger charge is -2.20. The molecule has 2 heteroatoms. The SMILES string of the molecule is CCCCCSCC(NCC)c1ccc(C)cc1C. The molecule has 19 heavy (non-hydrogen) atoms. The van der Waals surface area contributed by atoms with Crippen LogP contribution in [0.5, 0.6) is 0 Å². The van der Waals surface area contributed by atoms with Gasteiger partial charge < -0.3 is 5.32 Å². The Kier molecular flexibility index (Phi) is 8.24. The molecule has 1 aromatic carbocycles. The molecular formula is C17H29NS. The van der Waals surface area contributed by atoms with E-state index in [2.05, 4.69) is 63.0 Å². The van der Waals surface area contributed by atoms with E-state index in [0.717, 1.165) is 6.54 Å². The van der Waals surface area contributed by atoms with E-state index in [1.807, 2.05) is 0 Å². The molecule has 0 heterocycles. The fraction of sp³-hybridized carbons (Fsp3) is 0.647. The number of rotatable bonds is 9. The summed E-state index contributed by atoms with van der Waals surface area (Å²) >= 11 is 2.09. The molecule has 1 nitrogen and oxygen atoms in total. The summed E-state index contributed by atoms with van der Waals surface area (Å²) in [6.45, 7) is 9.89. The molecular weight excluding hydrogens is 250 g/mol.